The molecule has 0 radical (unpaired) electrons. The fourth-order valence-corrected chi connectivity index (χ4v) is 4.99. The van der Waals surface area contributed by atoms with Gasteiger partial charge in [0.1, 0.15) is 0 Å². The maximum Gasteiger partial charge on any atom is -0.0146 e. The van der Waals surface area contributed by atoms with Gasteiger partial charge in [-0.25, -0.2) is 0 Å². The number of fused-ring (bicyclic) bond motifs is 1. The number of hydrogen-bond donors (Lipinski definition) is 0. The summed E-state index contributed by atoms with van der Waals surface area (Å²) in [6.45, 7) is 11.9. The second kappa shape index (κ2) is 6.50. The molecule has 0 heteroatoms. The smallest absolute Gasteiger partial charge is 0.0146 e. The van der Waals surface area contributed by atoms with Gasteiger partial charge in [0.15, 0.2) is 0 Å². The van der Waals surface area contributed by atoms with Gasteiger partial charge < -0.3 is 0 Å². The van der Waals surface area contributed by atoms with Crippen LogP contribution in [-0.2, 0) is 0 Å². The maximum absolute atomic E-state index is 2.59. The van der Waals surface area contributed by atoms with E-state index in [1.54, 1.807) is 5.57 Å². The molecule has 0 N–H and O–H groups in total. The van der Waals surface area contributed by atoms with Gasteiger partial charge in [-0.15, -0.1) is 0 Å². The lowest BCUT2D eigenvalue weighted by Crippen LogP contribution is -2.35. The van der Waals surface area contributed by atoms with E-state index < -0.39 is 0 Å². The number of hydrogen-bond acceptors (Lipinski definition) is 0. The van der Waals surface area contributed by atoms with Gasteiger partial charge in [0.05, 0.1) is 0 Å². The Bertz CT molecular complexity index is 373. The highest BCUT2D eigenvalue weighted by atomic mass is 14.5. The Hall–Kier alpha value is -0.520. The second-order valence-corrected chi connectivity index (χ2v) is 7.88. The van der Waals surface area contributed by atoms with Crippen LogP contribution in [-0.4, -0.2) is 0 Å². The van der Waals surface area contributed by atoms with Crippen LogP contribution in [0.25, 0.3) is 0 Å². The predicted molar refractivity (Wildman–Crippen MR) is 89.7 cm³/mol. The van der Waals surface area contributed by atoms with Crippen LogP contribution in [0, 0.1) is 29.1 Å². The van der Waals surface area contributed by atoms with Crippen molar-refractivity contribution in [2.24, 2.45) is 29.1 Å². The van der Waals surface area contributed by atoms with Crippen LogP contribution >= 0.6 is 0 Å². The van der Waals surface area contributed by atoms with Gasteiger partial charge in [-0.2, -0.15) is 0 Å². The molecule has 114 valence electrons. The van der Waals surface area contributed by atoms with Crippen molar-refractivity contribution in [2.45, 2.75) is 73.1 Å². The van der Waals surface area contributed by atoms with E-state index in [4.69, 9.17) is 0 Å². The van der Waals surface area contributed by atoms with Crippen molar-refractivity contribution in [2.75, 3.05) is 0 Å². The molecular formula is C20H34. The molecule has 2 rings (SSSR count). The minimum Gasteiger partial charge on any atom is -0.0882 e. The first kappa shape index (κ1) is 15.9. The summed E-state index contributed by atoms with van der Waals surface area (Å²) >= 11 is 0. The number of allylic oxidation sites excluding steroid dienone is 4. The molecule has 0 heterocycles. The molecule has 0 saturated heterocycles. The van der Waals surface area contributed by atoms with E-state index in [2.05, 4.69) is 52.8 Å². The summed E-state index contributed by atoms with van der Waals surface area (Å²) in [6.07, 6.45) is 15.7. The van der Waals surface area contributed by atoms with Crippen LogP contribution in [0.5, 0.6) is 0 Å². The van der Waals surface area contributed by atoms with Gasteiger partial charge in [-0.1, -0.05) is 51.5 Å². The summed E-state index contributed by atoms with van der Waals surface area (Å²) in [4.78, 5) is 0. The molecular weight excluding hydrogens is 240 g/mol. The first-order chi connectivity index (χ1) is 9.49. The summed E-state index contributed by atoms with van der Waals surface area (Å²) < 4.78 is 0. The first-order valence-electron chi connectivity index (χ1n) is 8.80. The molecule has 2 fully saturated rings. The molecule has 0 aliphatic heterocycles. The van der Waals surface area contributed by atoms with E-state index in [1.807, 2.05) is 0 Å². The molecule has 2 saturated carbocycles. The molecule has 0 nitrogen and oxygen atoms in total. The zero-order valence-electron chi connectivity index (χ0n) is 14.3. The maximum atomic E-state index is 2.59. The third kappa shape index (κ3) is 3.05. The topological polar surface area (TPSA) is 0 Å². The van der Waals surface area contributed by atoms with E-state index >= 15 is 0 Å². The quantitative estimate of drug-likeness (QED) is 0.521. The molecule has 2 aliphatic carbocycles. The van der Waals surface area contributed by atoms with Gasteiger partial charge in [0.25, 0.3) is 0 Å². The van der Waals surface area contributed by atoms with Crippen LogP contribution in [0.15, 0.2) is 23.8 Å². The van der Waals surface area contributed by atoms with Gasteiger partial charge in [0, 0.05) is 0 Å². The highest BCUT2D eigenvalue weighted by molar-refractivity contribution is 5.18. The Morgan fingerprint density at radius 1 is 1.25 bits per heavy atom. The Morgan fingerprint density at radius 2 is 2.00 bits per heavy atom. The van der Waals surface area contributed by atoms with Crippen molar-refractivity contribution in [1.29, 1.82) is 0 Å². The highest BCUT2D eigenvalue weighted by Crippen LogP contribution is 2.59. The van der Waals surface area contributed by atoms with Crippen LogP contribution < -0.4 is 0 Å². The lowest BCUT2D eigenvalue weighted by Gasteiger charge is -2.44. The minimum absolute atomic E-state index is 0.571. The van der Waals surface area contributed by atoms with Gasteiger partial charge in [-0.3, -0.25) is 0 Å². The molecule has 0 aromatic carbocycles. The fourth-order valence-electron chi connectivity index (χ4n) is 4.99. The largest absolute Gasteiger partial charge is 0.0882 e. The third-order valence-electron chi connectivity index (χ3n) is 6.09. The van der Waals surface area contributed by atoms with Gasteiger partial charge in [-0.05, 0) is 74.5 Å². The molecule has 2 aliphatic rings. The highest BCUT2D eigenvalue weighted by Gasteiger charge is 2.50. The Morgan fingerprint density at radius 3 is 2.65 bits per heavy atom. The SMILES string of the molecule is C/C=C1\CCCC2(C)C1CCC2[C@H](C)/C=C/CC(C)C. The van der Waals surface area contributed by atoms with Gasteiger partial charge >= 0.3 is 0 Å². The van der Waals surface area contributed by atoms with E-state index in [1.165, 1.54) is 38.5 Å². The van der Waals surface area contributed by atoms with Crippen molar-refractivity contribution < 1.29 is 0 Å². The average Bonchev–Trinajstić information content (AvgIpc) is 2.75. The molecule has 0 bridgehead atoms. The van der Waals surface area contributed by atoms with Crippen molar-refractivity contribution in [3.63, 3.8) is 0 Å². The Kier molecular flexibility index (Phi) is 5.15. The monoisotopic (exact) mass is 274 g/mol. The first-order valence-corrected chi connectivity index (χ1v) is 8.80. The van der Waals surface area contributed by atoms with Crippen LogP contribution in [0.4, 0.5) is 0 Å². The van der Waals surface area contributed by atoms with Crippen molar-refractivity contribution in [3.8, 4) is 0 Å². The molecule has 4 atom stereocenters. The standard InChI is InChI=1S/C20H34/c1-6-17-11-8-14-20(5)18(12-13-19(17)20)16(4)10-7-9-15(2)3/h6-7,10,15-16,18-19H,8-9,11-14H2,1-5H3/b10-7+,17-6+/t16-,18?,19?,20?/m1/s1. The normalized spacial score (nSPS) is 37.8. The van der Waals surface area contributed by atoms with E-state index in [0.29, 0.717) is 5.41 Å². The zero-order chi connectivity index (χ0) is 14.8. The van der Waals surface area contributed by atoms with Crippen LogP contribution in [0.1, 0.15) is 73.1 Å². The Labute approximate surface area is 126 Å². The molecule has 20 heavy (non-hydrogen) atoms. The van der Waals surface area contributed by atoms with E-state index in [-0.39, 0.29) is 0 Å². The second-order valence-electron chi connectivity index (χ2n) is 7.88. The summed E-state index contributed by atoms with van der Waals surface area (Å²) in [5.74, 6) is 3.31. The Balaban J connectivity index is 2.08. The molecule has 0 aromatic rings. The average molecular weight is 274 g/mol. The van der Waals surface area contributed by atoms with Crippen molar-refractivity contribution >= 4 is 0 Å². The number of rotatable bonds is 4. The summed E-state index contributed by atoms with van der Waals surface area (Å²) in [5.41, 5.74) is 2.33. The van der Waals surface area contributed by atoms with E-state index in [9.17, 15) is 0 Å². The van der Waals surface area contributed by atoms with Crippen LogP contribution in [0.3, 0.4) is 0 Å². The molecule has 0 amide bonds. The van der Waals surface area contributed by atoms with Crippen molar-refractivity contribution in [3.05, 3.63) is 23.8 Å². The van der Waals surface area contributed by atoms with Crippen LogP contribution in [0.2, 0.25) is 0 Å². The minimum atomic E-state index is 0.571. The summed E-state index contributed by atoms with van der Waals surface area (Å²) in [5, 5.41) is 0. The predicted octanol–water partition coefficient (Wildman–Crippen LogP) is 6.39. The lowest BCUT2D eigenvalue weighted by molar-refractivity contribution is 0.112. The fraction of sp³-hybridized carbons (Fsp3) is 0.800. The third-order valence-corrected chi connectivity index (χ3v) is 6.09. The zero-order valence-corrected chi connectivity index (χ0v) is 14.3. The lowest BCUT2D eigenvalue weighted by atomic mass is 9.61. The van der Waals surface area contributed by atoms with E-state index in [0.717, 1.165) is 23.7 Å². The van der Waals surface area contributed by atoms with Crippen molar-refractivity contribution in [1.82, 2.24) is 0 Å². The molecule has 3 unspecified atom stereocenters. The molecule has 0 aromatic heterocycles. The summed E-state index contributed by atoms with van der Waals surface area (Å²) in [7, 11) is 0. The summed E-state index contributed by atoms with van der Waals surface area (Å²) in [6, 6.07) is 0. The van der Waals surface area contributed by atoms with Gasteiger partial charge in [0.2, 0.25) is 0 Å². The molecule has 0 spiro atoms.